The molecule has 2 heterocycles. The monoisotopic (exact) mass is 558 g/mol. The number of halogens is 2. The zero-order valence-corrected chi connectivity index (χ0v) is 23.3. The SMILES string of the molecule is CC[S+](=O)(O)c1ccc(CNC(=O)c2cnc3c(c2)CN(Cc2ccc(OC(F)F)cc2)[C@H]3C(C)(C)C)cc1. The maximum absolute atomic E-state index is 12.9. The summed E-state index contributed by atoms with van der Waals surface area (Å²) in [5.41, 5.74) is 3.99. The second-order valence-electron chi connectivity index (χ2n) is 10.7. The molecule has 208 valence electrons. The fraction of sp³-hybridized carbons (Fsp3) is 0.379. The van der Waals surface area contributed by atoms with Crippen molar-refractivity contribution >= 4 is 16.1 Å². The number of hydrogen-bond donors (Lipinski definition) is 2. The van der Waals surface area contributed by atoms with Crippen LogP contribution in [0.1, 0.15) is 66.5 Å². The molecule has 1 unspecified atom stereocenters. The van der Waals surface area contributed by atoms with E-state index in [1.54, 1.807) is 49.5 Å². The second kappa shape index (κ2) is 11.5. The third kappa shape index (κ3) is 6.87. The number of nitrogens with one attached hydrogen (secondary N) is 1. The lowest BCUT2D eigenvalue weighted by molar-refractivity contribution is -0.0498. The highest BCUT2D eigenvalue weighted by atomic mass is 32.3. The van der Waals surface area contributed by atoms with Crippen LogP contribution in [-0.2, 0) is 34.1 Å². The maximum atomic E-state index is 12.9. The van der Waals surface area contributed by atoms with Gasteiger partial charge in [-0.1, -0.05) is 49.2 Å². The molecule has 2 atom stereocenters. The van der Waals surface area contributed by atoms with Crippen LogP contribution in [0.15, 0.2) is 65.7 Å². The zero-order valence-electron chi connectivity index (χ0n) is 22.5. The standard InChI is InChI=1S/C29H33F2N3O4S/c1-5-39(36,37)24-12-8-19(9-13-24)15-33-27(35)21-14-22-18-34(26(29(2,3)4)25(22)32-16-21)17-20-6-10-23(11-7-20)38-28(30)31/h6-14,16,26,28H,5,15,17-18H2,1-4H3,(H-,33,35,36,37)/p+1/t26-/m1/s1. The largest absolute Gasteiger partial charge is 0.435 e. The summed E-state index contributed by atoms with van der Waals surface area (Å²) in [5.74, 6) is 0.00659. The highest BCUT2D eigenvalue weighted by Gasteiger charge is 2.39. The first-order valence-corrected chi connectivity index (χ1v) is 14.4. The van der Waals surface area contributed by atoms with Gasteiger partial charge in [-0.05, 0) is 59.4 Å². The topological polar surface area (TPSA) is 91.8 Å². The van der Waals surface area contributed by atoms with Gasteiger partial charge < -0.3 is 10.1 Å². The number of amides is 1. The summed E-state index contributed by atoms with van der Waals surface area (Å²) < 4.78 is 51.5. The number of benzene rings is 2. The summed E-state index contributed by atoms with van der Waals surface area (Å²) in [4.78, 5) is 20.3. The van der Waals surface area contributed by atoms with Crippen LogP contribution in [0.25, 0.3) is 0 Å². The summed E-state index contributed by atoms with van der Waals surface area (Å²) in [6, 6.07) is 15.2. The molecule has 0 saturated heterocycles. The smallest absolute Gasteiger partial charge is 0.387 e. The van der Waals surface area contributed by atoms with Crippen molar-refractivity contribution in [3.63, 3.8) is 0 Å². The molecule has 4 rings (SSSR count). The Bertz CT molecular complexity index is 1360. The van der Waals surface area contributed by atoms with Gasteiger partial charge in [0, 0.05) is 25.8 Å². The summed E-state index contributed by atoms with van der Waals surface area (Å²) in [7, 11) is -3.02. The number of rotatable bonds is 9. The molecule has 0 bridgehead atoms. The highest BCUT2D eigenvalue weighted by molar-refractivity contribution is 7.97. The van der Waals surface area contributed by atoms with Gasteiger partial charge in [-0.2, -0.15) is 13.3 Å². The zero-order chi connectivity index (χ0) is 28.4. The van der Waals surface area contributed by atoms with Crippen LogP contribution in [0.3, 0.4) is 0 Å². The van der Waals surface area contributed by atoms with Gasteiger partial charge in [0.2, 0.25) is 10.2 Å². The summed E-state index contributed by atoms with van der Waals surface area (Å²) in [5, 5.41) is 2.90. The van der Waals surface area contributed by atoms with Crippen molar-refractivity contribution in [3.8, 4) is 5.75 Å². The van der Waals surface area contributed by atoms with Crippen molar-refractivity contribution < 1.29 is 27.1 Å². The van der Waals surface area contributed by atoms with Crippen LogP contribution in [-0.4, -0.2) is 32.7 Å². The summed E-state index contributed by atoms with van der Waals surface area (Å²) in [6.45, 7) is 6.68. The van der Waals surface area contributed by atoms with E-state index in [4.69, 9.17) is 4.98 Å². The molecule has 0 aliphatic carbocycles. The van der Waals surface area contributed by atoms with Crippen LogP contribution in [0.4, 0.5) is 8.78 Å². The lowest BCUT2D eigenvalue weighted by atomic mass is 9.84. The molecule has 0 spiro atoms. The number of pyridine rings is 1. The Balaban J connectivity index is 1.45. The third-order valence-electron chi connectivity index (χ3n) is 6.75. The van der Waals surface area contributed by atoms with Gasteiger partial charge in [-0.25, -0.2) is 0 Å². The number of fused-ring (bicyclic) bond motifs is 1. The fourth-order valence-corrected chi connectivity index (χ4v) is 5.78. The van der Waals surface area contributed by atoms with Gasteiger partial charge in [0.1, 0.15) is 11.5 Å². The average molecular weight is 559 g/mol. The molecule has 39 heavy (non-hydrogen) atoms. The minimum absolute atomic E-state index is 0.00465. The van der Waals surface area contributed by atoms with E-state index in [1.807, 2.05) is 6.07 Å². The van der Waals surface area contributed by atoms with E-state index in [9.17, 15) is 22.3 Å². The molecular weight excluding hydrogens is 524 g/mol. The van der Waals surface area contributed by atoms with Gasteiger partial charge in [0.05, 0.1) is 17.3 Å². The molecule has 1 aliphatic heterocycles. The molecule has 2 aromatic carbocycles. The Morgan fingerprint density at radius 3 is 2.38 bits per heavy atom. The molecule has 3 aromatic rings. The van der Waals surface area contributed by atoms with E-state index >= 15 is 0 Å². The molecule has 10 heteroatoms. The Labute approximate surface area is 228 Å². The van der Waals surface area contributed by atoms with Crippen LogP contribution >= 0.6 is 0 Å². The second-order valence-corrected chi connectivity index (χ2v) is 13.0. The molecule has 0 radical (unpaired) electrons. The van der Waals surface area contributed by atoms with Gasteiger partial charge in [0.15, 0.2) is 4.90 Å². The van der Waals surface area contributed by atoms with E-state index in [2.05, 4.69) is 35.7 Å². The first kappa shape index (κ1) is 28.8. The van der Waals surface area contributed by atoms with E-state index in [-0.39, 0.29) is 35.4 Å². The fourth-order valence-electron chi connectivity index (χ4n) is 4.89. The van der Waals surface area contributed by atoms with Crippen molar-refractivity contribution in [1.29, 1.82) is 0 Å². The molecule has 2 N–H and O–H groups in total. The lowest BCUT2D eigenvalue weighted by Gasteiger charge is -2.35. The minimum atomic E-state index is -3.02. The van der Waals surface area contributed by atoms with Gasteiger partial charge in [0.25, 0.3) is 5.91 Å². The average Bonchev–Trinajstić information content (AvgIpc) is 3.26. The molecule has 0 saturated carbocycles. The molecule has 1 aromatic heterocycles. The summed E-state index contributed by atoms with van der Waals surface area (Å²) in [6.07, 6.45) is 1.60. The number of carbonyl (C=O) groups is 1. The minimum Gasteiger partial charge on any atom is -0.435 e. The number of aromatic nitrogens is 1. The van der Waals surface area contributed by atoms with Gasteiger partial charge in [-0.15, -0.1) is 0 Å². The van der Waals surface area contributed by atoms with E-state index in [0.717, 1.165) is 22.4 Å². The van der Waals surface area contributed by atoms with Crippen molar-refractivity contribution in [2.75, 3.05) is 5.75 Å². The molecule has 1 amide bonds. The van der Waals surface area contributed by atoms with Crippen LogP contribution < -0.4 is 10.1 Å². The normalized spacial score (nSPS) is 17.1. The Morgan fingerprint density at radius 1 is 1.15 bits per heavy atom. The molecule has 7 nitrogen and oxygen atoms in total. The first-order valence-electron chi connectivity index (χ1n) is 12.8. The van der Waals surface area contributed by atoms with E-state index < -0.39 is 16.8 Å². The Hall–Kier alpha value is -3.21. The number of nitrogens with zero attached hydrogens (tertiary/aromatic N) is 2. The third-order valence-corrected chi connectivity index (χ3v) is 8.54. The first-order chi connectivity index (χ1) is 18.4. The number of hydrogen-bond acceptors (Lipinski definition) is 5. The maximum Gasteiger partial charge on any atom is 0.387 e. The van der Waals surface area contributed by atoms with Crippen molar-refractivity contribution in [2.45, 2.75) is 64.9 Å². The number of ether oxygens (including phenoxy) is 1. The van der Waals surface area contributed by atoms with E-state index in [1.165, 1.54) is 12.1 Å². The number of carbonyl (C=O) groups excluding carboxylic acids is 1. The van der Waals surface area contributed by atoms with E-state index in [0.29, 0.717) is 23.5 Å². The molecular formula is C29H34F2N3O4S+. The van der Waals surface area contributed by atoms with Crippen LogP contribution in [0.5, 0.6) is 5.75 Å². The molecule has 0 fully saturated rings. The quantitative estimate of drug-likeness (QED) is 0.310. The Kier molecular flexibility index (Phi) is 8.48. The van der Waals surface area contributed by atoms with Crippen molar-refractivity contribution in [2.24, 2.45) is 5.41 Å². The Morgan fingerprint density at radius 2 is 1.79 bits per heavy atom. The van der Waals surface area contributed by atoms with Crippen molar-refractivity contribution in [1.82, 2.24) is 15.2 Å². The lowest BCUT2D eigenvalue weighted by Crippen LogP contribution is -2.31. The molecule has 1 aliphatic rings. The van der Waals surface area contributed by atoms with Gasteiger partial charge in [-0.3, -0.25) is 14.7 Å². The highest BCUT2D eigenvalue weighted by Crippen LogP contribution is 2.44. The number of alkyl halides is 2. The van der Waals surface area contributed by atoms with Gasteiger partial charge >= 0.3 is 6.61 Å². The predicted octanol–water partition coefficient (Wildman–Crippen LogP) is 6.07. The van der Waals surface area contributed by atoms with Crippen LogP contribution in [0.2, 0.25) is 0 Å². The summed E-state index contributed by atoms with van der Waals surface area (Å²) >= 11 is 0. The van der Waals surface area contributed by atoms with Crippen molar-refractivity contribution in [3.05, 3.63) is 88.7 Å². The van der Waals surface area contributed by atoms with Crippen LogP contribution in [0, 0.1) is 5.41 Å². The predicted molar refractivity (Wildman–Crippen MR) is 146 cm³/mol.